The number of alkyl halides is 2. The van der Waals surface area contributed by atoms with Crippen molar-refractivity contribution in [3.05, 3.63) is 65.2 Å². The van der Waals surface area contributed by atoms with Gasteiger partial charge in [0.25, 0.3) is 17.6 Å². The number of carbonyl (C=O) groups excluding carboxylic acids is 2. The summed E-state index contributed by atoms with van der Waals surface area (Å²) in [6.45, 7) is 0.261. The predicted octanol–water partition coefficient (Wildman–Crippen LogP) is 3.29. The maximum absolute atomic E-state index is 12.3. The lowest BCUT2D eigenvalue weighted by molar-refractivity contribution is 0.0948. The van der Waals surface area contributed by atoms with E-state index < -0.39 is 5.76 Å². The molecule has 0 unspecified atom stereocenters. The van der Waals surface area contributed by atoms with E-state index in [2.05, 4.69) is 10.6 Å². The Morgan fingerprint density at radius 3 is 2.38 bits per heavy atom. The van der Waals surface area contributed by atoms with E-state index in [1.54, 1.807) is 31.3 Å². The van der Waals surface area contributed by atoms with Gasteiger partial charge in [-0.1, -0.05) is 23.9 Å². The molecular formula is C17H16F2N2O2S. The summed E-state index contributed by atoms with van der Waals surface area (Å²) >= 11 is 0.433. The normalized spacial score (nSPS) is 10.5. The zero-order valence-corrected chi connectivity index (χ0v) is 13.7. The number of nitrogens with one attached hydrogen (secondary N) is 2. The highest BCUT2D eigenvalue weighted by Crippen LogP contribution is 2.25. The van der Waals surface area contributed by atoms with Gasteiger partial charge in [-0.15, -0.1) is 0 Å². The van der Waals surface area contributed by atoms with Crippen LogP contribution >= 0.6 is 11.8 Å². The first-order chi connectivity index (χ1) is 11.5. The molecule has 0 radical (unpaired) electrons. The van der Waals surface area contributed by atoms with Crippen LogP contribution in [0.3, 0.4) is 0 Å². The highest BCUT2D eigenvalue weighted by molar-refractivity contribution is 7.99. The molecule has 2 rings (SSSR count). The monoisotopic (exact) mass is 350 g/mol. The van der Waals surface area contributed by atoms with Gasteiger partial charge in [0.05, 0.1) is 0 Å². The molecule has 0 aliphatic rings. The molecule has 2 aromatic carbocycles. The van der Waals surface area contributed by atoms with Crippen molar-refractivity contribution in [3.63, 3.8) is 0 Å². The zero-order chi connectivity index (χ0) is 17.5. The third kappa shape index (κ3) is 5.06. The standard InChI is InChI=1S/C17H16F2N2O2S/c1-20-15(22)13-4-2-3-11(9-13)10-21-16(23)12-5-7-14(8-6-12)24-17(18)19/h2-9,17H,10H2,1H3,(H,20,22)(H,21,23). The van der Waals surface area contributed by atoms with E-state index in [0.717, 1.165) is 5.56 Å². The van der Waals surface area contributed by atoms with Crippen LogP contribution in [0.25, 0.3) is 0 Å². The highest BCUT2D eigenvalue weighted by Gasteiger charge is 2.09. The molecule has 24 heavy (non-hydrogen) atoms. The van der Waals surface area contributed by atoms with Crippen LogP contribution < -0.4 is 10.6 Å². The maximum Gasteiger partial charge on any atom is 0.288 e. The molecule has 7 heteroatoms. The average molecular weight is 350 g/mol. The van der Waals surface area contributed by atoms with Crippen LogP contribution in [0.2, 0.25) is 0 Å². The molecule has 2 aromatic rings. The van der Waals surface area contributed by atoms with E-state index in [1.165, 1.54) is 24.3 Å². The second kappa shape index (κ2) is 8.44. The number of amides is 2. The minimum absolute atomic E-state index is 0.199. The number of hydrogen-bond donors (Lipinski definition) is 2. The molecule has 0 saturated heterocycles. The lowest BCUT2D eigenvalue weighted by Gasteiger charge is -2.08. The Morgan fingerprint density at radius 2 is 1.75 bits per heavy atom. The minimum atomic E-state index is -2.49. The van der Waals surface area contributed by atoms with Gasteiger partial charge in [-0.05, 0) is 42.0 Å². The number of thioether (sulfide) groups is 1. The Labute approximate surface area is 142 Å². The van der Waals surface area contributed by atoms with Crippen LogP contribution in [0.15, 0.2) is 53.4 Å². The van der Waals surface area contributed by atoms with Crippen molar-refractivity contribution in [2.24, 2.45) is 0 Å². The summed E-state index contributed by atoms with van der Waals surface area (Å²) in [5, 5.41) is 5.27. The molecule has 2 amide bonds. The van der Waals surface area contributed by atoms with Crippen molar-refractivity contribution >= 4 is 23.6 Å². The number of rotatable bonds is 6. The van der Waals surface area contributed by atoms with Crippen molar-refractivity contribution in [3.8, 4) is 0 Å². The van der Waals surface area contributed by atoms with Crippen molar-refractivity contribution in [2.75, 3.05) is 7.05 Å². The summed E-state index contributed by atoms with van der Waals surface area (Å²) in [7, 11) is 1.55. The van der Waals surface area contributed by atoms with Gasteiger partial charge in [-0.3, -0.25) is 9.59 Å². The smallest absolute Gasteiger partial charge is 0.288 e. The third-order valence-corrected chi connectivity index (χ3v) is 3.93. The van der Waals surface area contributed by atoms with Gasteiger partial charge in [0.15, 0.2) is 0 Å². The summed E-state index contributed by atoms with van der Waals surface area (Å²) < 4.78 is 24.5. The second-order valence-electron chi connectivity index (χ2n) is 4.87. The Morgan fingerprint density at radius 1 is 1.04 bits per heavy atom. The van der Waals surface area contributed by atoms with E-state index in [1.807, 2.05) is 0 Å². The Balaban J connectivity index is 1.96. The van der Waals surface area contributed by atoms with Crippen LogP contribution in [-0.2, 0) is 6.54 Å². The first kappa shape index (κ1) is 17.9. The molecule has 0 fully saturated rings. The maximum atomic E-state index is 12.3. The molecule has 4 nitrogen and oxygen atoms in total. The van der Waals surface area contributed by atoms with E-state index in [9.17, 15) is 18.4 Å². The van der Waals surface area contributed by atoms with Gasteiger partial charge >= 0.3 is 0 Å². The molecular weight excluding hydrogens is 334 g/mol. The molecule has 0 bridgehead atoms. The summed E-state index contributed by atoms with van der Waals surface area (Å²) in [6.07, 6.45) is 0. The molecule has 2 N–H and O–H groups in total. The van der Waals surface area contributed by atoms with Crippen LogP contribution in [0.1, 0.15) is 26.3 Å². The Bertz CT molecular complexity index is 721. The van der Waals surface area contributed by atoms with Crippen molar-refractivity contribution in [2.45, 2.75) is 17.2 Å². The van der Waals surface area contributed by atoms with E-state index in [4.69, 9.17) is 0 Å². The third-order valence-electron chi connectivity index (χ3n) is 3.21. The first-order valence-corrected chi connectivity index (χ1v) is 8.01. The fourth-order valence-electron chi connectivity index (χ4n) is 2.04. The lowest BCUT2D eigenvalue weighted by Crippen LogP contribution is -2.23. The van der Waals surface area contributed by atoms with E-state index in [-0.39, 0.29) is 18.4 Å². The first-order valence-electron chi connectivity index (χ1n) is 7.13. The topological polar surface area (TPSA) is 58.2 Å². The van der Waals surface area contributed by atoms with Crippen molar-refractivity contribution < 1.29 is 18.4 Å². The molecule has 126 valence electrons. The minimum Gasteiger partial charge on any atom is -0.355 e. The molecule has 0 spiro atoms. The molecule has 0 heterocycles. The number of halogens is 2. The molecule has 0 aliphatic heterocycles. The second-order valence-corrected chi connectivity index (χ2v) is 5.93. The number of hydrogen-bond acceptors (Lipinski definition) is 3. The van der Waals surface area contributed by atoms with Gasteiger partial charge in [0.1, 0.15) is 0 Å². The van der Waals surface area contributed by atoms with Gasteiger partial charge in [-0.25, -0.2) is 0 Å². The average Bonchev–Trinajstić information content (AvgIpc) is 2.59. The van der Waals surface area contributed by atoms with Crippen LogP contribution in [0.5, 0.6) is 0 Å². The van der Waals surface area contributed by atoms with Gasteiger partial charge in [-0.2, -0.15) is 8.78 Å². The van der Waals surface area contributed by atoms with E-state index in [0.29, 0.717) is 27.8 Å². The SMILES string of the molecule is CNC(=O)c1cccc(CNC(=O)c2ccc(SC(F)F)cc2)c1. The van der Waals surface area contributed by atoms with Gasteiger partial charge in [0.2, 0.25) is 0 Å². The fourth-order valence-corrected chi connectivity index (χ4v) is 2.54. The molecule has 0 aliphatic carbocycles. The summed E-state index contributed by atoms with van der Waals surface area (Å²) in [5.41, 5.74) is 1.68. The number of carbonyl (C=O) groups is 2. The van der Waals surface area contributed by atoms with Crippen LogP contribution in [0, 0.1) is 0 Å². The summed E-state index contributed by atoms with van der Waals surface area (Å²) in [5.74, 6) is -3.00. The van der Waals surface area contributed by atoms with Gasteiger partial charge < -0.3 is 10.6 Å². The molecule has 0 saturated carbocycles. The largest absolute Gasteiger partial charge is 0.355 e. The van der Waals surface area contributed by atoms with Crippen LogP contribution in [0.4, 0.5) is 8.78 Å². The number of benzene rings is 2. The van der Waals surface area contributed by atoms with E-state index >= 15 is 0 Å². The summed E-state index contributed by atoms with van der Waals surface area (Å²) in [6, 6.07) is 12.9. The highest BCUT2D eigenvalue weighted by atomic mass is 32.2. The van der Waals surface area contributed by atoms with Crippen molar-refractivity contribution in [1.29, 1.82) is 0 Å². The fraction of sp³-hybridized carbons (Fsp3) is 0.176. The Hall–Kier alpha value is -2.41. The molecule has 0 atom stereocenters. The van der Waals surface area contributed by atoms with Crippen LogP contribution in [-0.4, -0.2) is 24.6 Å². The van der Waals surface area contributed by atoms with Gasteiger partial charge in [0, 0.05) is 29.6 Å². The lowest BCUT2D eigenvalue weighted by atomic mass is 10.1. The van der Waals surface area contributed by atoms with Crippen molar-refractivity contribution in [1.82, 2.24) is 10.6 Å². The predicted molar refractivity (Wildman–Crippen MR) is 89.3 cm³/mol. The Kier molecular flexibility index (Phi) is 6.31. The molecule has 0 aromatic heterocycles. The summed E-state index contributed by atoms with van der Waals surface area (Å²) in [4.78, 5) is 24.1. The quantitative estimate of drug-likeness (QED) is 0.786. The zero-order valence-electron chi connectivity index (χ0n) is 12.9.